The lowest BCUT2D eigenvalue weighted by Crippen LogP contribution is -2.49. The molecule has 2 aromatic carbocycles. The Morgan fingerprint density at radius 1 is 1.03 bits per heavy atom. The number of rotatable bonds is 9. The predicted octanol–water partition coefficient (Wildman–Crippen LogP) is 3.77. The van der Waals surface area contributed by atoms with Crippen LogP contribution in [0.4, 0.5) is 5.69 Å². The SMILES string of the molecule is COc1ccc(NCCNC(=O)[C@H](CC(C)(C)C)NC(=O)c2cccc(C)c2)cc1. The van der Waals surface area contributed by atoms with E-state index in [-0.39, 0.29) is 17.2 Å². The Bertz CT molecular complexity index is 842. The third kappa shape index (κ3) is 7.78. The number of aryl methyl sites for hydroxylation is 1. The summed E-state index contributed by atoms with van der Waals surface area (Å²) in [6.07, 6.45) is 0.544. The summed E-state index contributed by atoms with van der Waals surface area (Å²) in [7, 11) is 1.63. The molecule has 0 fully saturated rings. The number of ether oxygens (including phenoxy) is 1. The summed E-state index contributed by atoms with van der Waals surface area (Å²) >= 11 is 0. The van der Waals surface area contributed by atoms with Gasteiger partial charge in [0.25, 0.3) is 5.91 Å². The van der Waals surface area contributed by atoms with E-state index in [0.29, 0.717) is 25.1 Å². The first-order valence-corrected chi connectivity index (χ1v) is 10.2. The van der Waals surface area contributed by atoms with Crippen LogP contribution in [0.3, 0.4) is 0 Å². The van der Waals surface area contributed by atoms with E-state index < -0.39 is 6.04 Å². The van der Waals surface area contributed by atoms with E-state index >= 15 is 0 Å². The zero-order chi connectivity index (χ0) is 22.1. The van der Waals surface area contributed by atoms with Crippen LogP contribution in [0.1, 0.15) is 43.1 Å². The van der Waals surface area contributed by atoms with E-state index in [1.54, 1.807) is 13.2 Å². The van der Waals surface area contributed by atoms with Crippen LogP contribution >= 0.6 is 0 Å². The van der Waals surface area contributed by atoms with Gasteiger partial charge in [0.05, 0.1) is 7.11 Å². The lowest BCUT2D eigenvalue weighted by atomic mass is 9.87. The zero-order valence-corrected chi connectivity index (χ0v) is 18.5. The number of carbonyl (C=O) groups is 2. The number of methoxy groups -OCH3 is 1. The maximum atomic E-state index is 12.8. The summed E-state index contributed by atoms with van der Waals surface area (Å²) in [5, 5.41) is 9.08. The molecule has 0 saturated heterocycles. The Kier molecular flexibility index (Phi) is 8.27. The molecule has 162 valence electrons. The zero-order valence-electron chi connectivity index (χ0n) is 18.5. The van der Waals surface area contributed by atoms with Gasteiger partial charge in [-0.25, -0.2) is 0 Å². The molecule has 2 amide bonds. The molecule has 0 heterocycles. The largest absolute Gasteiger partial charge is 0.497 e. The van der Waals surface area contributed by atoms with Gasteiger partial charge in [0.1, 0.15) is 11.8 Å². The molecule has 0 aliphatic heterocycles. The summed E-state index contributed by atoms with van der Waals surface area (Å²) in [6, 6.07) is 14.4. The fourth-order valence-corrected chi connectivity index (χ4v) is 3.07. The van der Waals surface area contributed by atoms with Gasteiger partial charge in [0, 0.05) is 24.3 Å². The van der Waals surface area contributed by atoms with E-state index in [9.17, 15) is 9.59 Å². The number of nitrogens with one attached hydrogen (secondary N) is 3. The smallest absolute Gasteiger partial charge is 0.251 e. The molecule has 0 radical (unpaired) electrons. The summed E-state index contributed by atoms with van der Waals surface area (Å²) in [5.41, 5.74) is 2.40. The monoisotopic (exact) mass is 411 g/mol. The molecule has 2 aromatic rings. The quantitative estimate of drug-likeness (QED) is 0.549. The lowest BCUT2D eigenvalue weighted by molar-refractivity contribution is -0.123. The molecule has 2 rings (SSSR count). The van der Waals surface area contributed by atoms with E-state index in [1.165, 1.54) is 0 Å². The fraction of sp³-hybridized carbons (Fsp3) is 0.417. The van der Waals surface area contributed by atoms with Crippen molar-refractivity contribution < 1.29 is 14.3 Å². The van der Waals surface area contributed by atoms with Gasteiger partial charge in [-0.3, -0.25) is 9.59 Å². The summed E-state index contributed by atoms with van der Waals surface area (Å²) in [6.45, 7) is 9.12. The Morgan fingerprint density at radius 3 is 2.33 bits per heavy atom. The molecule has 0 aromatic heterocycles. The first-order chi connectivity index (χ1) is 14.2. The van der Waals surface area contributed by atoms with Crippen LogP contribution in [0, 0.1) is 12.3 Å². The van der Waals surface area contributed by atoms with Gasteiger partial charge in [-0.1, -0.05) is 38.5 Å². The van der Waals surface area contributed by atoms with Gasteiger partial charge in [-0.05, 0) is 55.2 Å². The molecular formula is C24H33N3O3. The highest BCUT2D eigenvalue weighted by Gasteiger charge is 2.26. The molecule has 3 N–H and O–H groups in total. The van der Waals surface area contributed by atoms with Crippen LogP contribution in [-0.4, -0.2) is 38.1 Å². The van der Waals surface area contributed by atoms with Crippen molar-refractivity contribution in [1.82, 2.24) is 10.6 Å². The first-order valence-electron chi connectivity index (χ1n) is 10.2. The third-order valence-electron chi connectivity index (χ3n) is 4.56. The van der Waals surface area contributed by atoms with Crippen molar-refractivity contribution in [3.05, 3.63) is 59.7 Å². The summed E-state index contributed by atoms with van der Waals surface area (Å²) in [4.78, 5) is 25.4. The number of amides is 2. The van der Waals surface area contributed by atoms with E-state index in [0.717, 1.165) is 17.0 Å². The average Bonchev–Trinajstić information content (AvgIpc) is 2.70. The minimum absolute atomic E-state index is 0.108. The van der Waals surface area contributed by atoms with Crippen molar-refractivity contribution in [2.75, 3.05) is 25.5 Å². The average molecular weight is 412 g/mol. The standard InChI is InChI=1S/C24H33N3O3/c1-17-7-6-8-18(15-17)22(28)27-21(16-24(2,3)4)23(29)26-14-13-25-19-9-11-20(30-5)12-10-19/h6-12,15,21,25H,13-14,16H2,1-5H3,(H,26,29)(H,27,28)/t21-/m0/s1. The topological polar surface area (TPSA) is 79.5 Å². The number of hydrogen-bond donors (Lipinski definition) is 3. The fourth-order valence-electron chi connectivity index (χ4n) is 3.07. The second kappa shape index (κ2) is 10.7. The van der Waals surface area contributed by atoms with Crippen LogP contribution in [0.2, 0.25) is 0 Å². The van der Waals surface area contributed by atoms with Crippen molar-refractivity contribution >= 4 is 17.5 Å². The second-order valence-corrected chi connectivity index (χ2v) is 8.61. The van der Waals surface area contributed by atoms with Gasteiger partial charge in [-0.2, -0.15) is 0 Å². The molecule has 0 aliphatic rings. The molecule has 0 bridgehead atoms. The summed E-state index contributed by atoms with van der Waals surface area (Å²) in [5.74, 6) is 0.380. The molecule has 0 spiro atoms. The predicted molar refractivity (Wildman–Crippen MR) is 121 cm³/mol. The number of hydrogen-bond acceptors (Lipinski definition) is 4. The number of anilines is 1. The van der Waals surface area contributed by atoms with Crippen LogP contribution in [0.5, 0.6) is 5.75 Å². The molecule has 0 unspecified atom stereocenters. The number of benzene rings is 2. The molecular weight excluding hydrogens is 378 g/mol. The van der Waals surface area contributed by atoms with Crippen molar-refractivity contribution in [1.29, 1.82) is 0 Å². The van der Waals surface area contributed by atoms with Crippen LogP contribution in [0.15, 0.2) is 48.5 Å². The minimum Gasteiger partial charge on any atom is -0.497 e. The van der Waals surface area contributed by atoms with Gasteiger partial charge in [-0.15, -0.1) is 0 Å². The molecule has 0 saturated carbocycles. The summed E-state index contributed by atoms with van der Waals surface area (Å²) < 4.78 is 5.14. The highest BCUT2D eigenvalue weighted by molar-refractivity contribution is 5.97. The Labute approximate surface area is 179 Å². The van der Waals surface area contributed by atoms with Crippen LogP contribution in [-0.2, 0) is 4.79 Å². The number of carbonyl (C=O) groups excluding carboxylic acids is 2. The minimum atomic E-state index is -0.598. The van der Waals surface area contributed by atoms with E-state index in [2.05, 4.69) is 36.7 Å². The normalized spacial score (nSPS) is 12.0. The molecule has 6 heteroatoms. The van der Waals surface area contributed by atoms with Crippen molar-refractivity contribution in [3.8, 4) is 5.75 Å². The Morgan fingerprint density at radius 2 is 1.73 bits per heavy atom. The first kappa shape index (κ1) is 23.3. The van der Waals surface area contributed by atoms with Crippen molar-refractivity contribution in [2.24, 2.45) is 5.41 Å². The van der Waals surface area contributed by atoms with Crippen LogP contribution in [0.25, 0.3) is 0 Å². The molecule has 6 nitrogen and oxygen atoms in total. The van der Waals surface area contributed by atoms with Gasteiger partial charge < -0.3 is 20.7 Å². The lowest BCUT2D eigenvalue weighted by Gasteiger charge is -2.26. The maximum absolute atomic E-state index is 12.8. The van der Waals surface area contributed by atoms with Gasteiger partial charge in [0.2, 0.25) is 5.91 Å². The third-order valence-corrected chi connectivity index (χ3v) is 4.56. The van der Waals surface area contributed by atoms with E-state index in [1.807, 2.05) is 49.4 Å². The Balaban J connectivity index is 1.91. The highest BCUT2D eigenvalue weighted by atomic mass is 16.5. The maximum Gasteiger partial charge on any atom is 0.251 e. The van der Waals surface area contributed by atoms with Crippen molar-refractivity contribution in [3.63, 3.8) is 0 Å². The molecule has 30 heavy (non-hydrogen) atoms. The highest BCUT2D eigenvalue weighted by Crippen LogP contribution is 2.21. The van der Waals surface area contributed by atoms with Crippen LogP contribution < -0.4 is 20.7 Å². The van der Waals surface area contributed by atoms with E-state index in [4.69, 9.17) is 4.74 Å². The Hall–Kier alpha value is -3.02. The van der Waals surface area contributed by atoms with Gasteiger partial charge >= 0.3 is 0 Å². The molecule has 0 aliphatic carbocycles. The molecule has 1 atom stereocenters. The van der Waals surface area contributed by atoms with Gasteiger partial charge in [0.15, 0.2) is 0 Å². The van der Waals surface area contributed by atoms with Crippen molar-refractivity contribution in [2.45, 2.75) is 40.2 Å². The second-order valence-electron chi connectivity index (χ2n) is 8.61.